The van der Waals surface area contributed by atoms with E-state index in [9.17, 15) is 9.18 Å². The Morgan fingerprint density at radius 1 is 1.28 bits per heavy atom. The highest BCUT2D eigenvalue weighted by Gasteiger charge is 2.24. The van der Waals surface area contributed by atoms with Crippen LogP contribution in [0.5, 0.6) is 5.75 Å². The Balaban J connectivity index is 1.59. The maximum Gasteiger partial charge on any atom is 0.249 e. The molecule has 9 heteroatoms. The average Bonchev–Trinajstić information content (AvgIpc) is 3.18. The van der Waals surface area contributed by atoms with Crippen molar-refractivity contribution in [1.82, 2.24) is 20.4 Å². The number of hydrogen-bond donors (Lipinski definition) is 1. The molecular weight excluding hydrogens is 399 g/mol. The van der Waals surface area contributed by atoms with Crippen molar-refractivity contribution < 1.29 is 18.4 Å². The van der Waals surface area contributed by atoms with E-state index in [0.29, 0.717) is 17.5 Å². The summed E-state index contributed by atoms with van der Waals surface area (Å²) in [5.74, 6) is 0.396. The summed E-state index contributed by atoms with van der Waals surface area (Å²) in [5, 5.41) is 7.02. The Morgan fingerprint density at radius 3 is 2.72 bits per heavy atom. The van der Waals surface area contributed by atoms with E-state index in [1.165, 1.54) is 12.1 Å². The minimum atomic E-state index is -0.453. The van der Waals surface area contributed by atoms with E-state index in [1.807, 2.05) is 13.8 Å². The Bertz CT molecular complexity index is 965. The van der Waals surface area contributed by atoms with Crippen molar-refractivity contribution in [3.8, 4) is 17.1 Å². The molecule has 0 aliphatic heterocycles. The molecule has 0 radical (unpaired) electrons. The normalized spacial score (nSPS) is 12.0. The summed E-state index contributed by atoms with van der Waals surface area (Å²) in [7, 11) is 0. The molecule has 0 bridgehead atoms. The molecule has 3 rings (SSSR count). The number of carbonyl (C=O) groups excluding carboxylic acids is 1. The fourth-order valence-electron chi connectivity index (χ4n) is 2.58. The zero-order valence-electron chi connectivity index (χ0n) is 15.9. The summed E-state index contributed by atoms with van der Waals surface area (Å²) in [6, 6.07) is 6.92. The van der Waals surface area contributed by atoms with Crippen molar-refractivity contribution in [3.05, 3.63) is 59.5 Å². The third-order valence-corrected chi connectivity index (χ3v) is 4.41. The second kappa shape index (κ2) is 9.47. The van der Waals surface area contributed by atoms with Gasteiger partial charge in [-0.3, -0.25) is 9.78 Å². The van der Waals surface area contributed by atoms with E-state index in [4.69, 9.17) is 20.9 Å². The molecule has 7 nitrogen and oxygen atoms in total. The van der Waals surface area contributed by atoms with Crippen molar-refractivity contribution >= 4 is 17.5 Å². The molecular formula is C20H20ClFN4O3. The first kappa shape index (κ1) is 20.7. The number of nitrogens with zero attached hydrogens (tertiary/aromatic N) is 3. The van der Waals surface area contributed by atoms with Gasteiger partial charge in [0.15, 0.2) is 0 Å². The van der Waals surface area contributed by atoms with E-state index < -0.39 is 11.9 Å². The number of ether oxygens (including phenoxy) is 1. The van der Waals surface area contributed by atoms with Crippen molar-refractivity contribution in [3.63, 3.8) is 0 Å². The molecule has 0 saturated heterocycles. The van der Waals surface area contributed by atoms with Crippen LogP contribution in [0.15, 0.2) is 47.2 Å². The van der Waals surface area contributed by atoms with Crippen LogP contribution in [0, 0.1) is 11.7 Å². The summed E-state index contributed by atoms with van der Waals surface area (Å²) < 4.78 is 23.9. The van der Waals surface area contributed by atoms with Crippen LogP contribution < -0.4 is 10.1 Å². The first-order valence-corrected chi connectivity index (χ1v) is 9.43. The molecule has 2 aromatic heterocycles. The maximum atomic E-state index is 13.1. The molecule has 0 spiro atoms. The first-order chi connectivity index (χ1) is 13.9. The van der Waals surface area contributed by atoms with E-state index in [0.717, 1.165) is 11.6 Å². The number of benzene rings is 1. The molecule has 1 aromatic carbocycles. The number of hydrogen-bond acceptors (Lipinski definition) is 6. The minimum absolute atomic E-state index is 0.0251. The lowest BCUT2D eigenvalue weighted by Gasteiger charge is -2.18. The Labute approximate surface area is 172 Å². The fraction of sp³-hybridized carbons (Fsp3) is 0.300. The molecule has 3 aromatic rings. The van der Waals surface area contributed by atoms with Crippen LogP contribution >= 0.6 is 11.6 Å². The van der Waals surface area contributed by atoms with Gasteiger partial charge in [-0.15, -0.1) is 0 Å². The van der Waals surface area contributed by atoms with Gasteiger partial charge in [0.25, 0.3) is 0 Å². The molecule has 1 unspecified atom stereocenters. The lowest BCUT2D eigenvalue weighted by Crippen LogP contribution is -2.32. The molecule has 0 fully saturated rings. The predicted octanol–water partition coefficient (Wildman–Crippen LogP) is 4.21. The van der Waals surface area contributed by atoms with Gasteiger partial charge in [0.05, 0.1) is 18.1 Å². The maximum absolute atomic E-state index is 13.1. The molecule has 2 heterocycles. The summed E-state index contributed by atoms with van der Waals surface area (Å²) in [4.78, 5) is 20.7. The number of pyridine rings is 1. The lowest BCUT2D eigenvalue weighted by atomic mass is 10.0. The van der Waals surface area contributed by atoms with Crippen LogP contribution in [-0.4, -0.2) is 27.6 Å². The van der Waals surface area contributed by atoms with Crippen molar-refractivity contribution in [2.75, 3.05) is 6.61 Å². The second-order valence-corrected chi connectivity index (χ2v) is 7.06. The highest BCUT2D eigenvalue weighted by Crippen LogP contribution is 2.25. The molecule has 1 N–H and O–H groups in total. The second-order valence-electron chi connectivity index (χ2n) is 6.65. The van der Waals surface area contributed by atoms with Gasteiger partial charge in [-0.25, -0.2) is 4.39 Å². The highest BCUT2D eigenvalue weighted by atomic mass is 35.5. The molecule has 152 valence electrons. The summed E-state index contributed by atoms with van der Waals surface area (Å²) in [6.45, 7) is 3.97. The molecule has 1 atom stereocenters. The average molecular weight is 419 g/mol. The number of nitrogens with one attached hydrogen (secondary N) is 1. The van der Waals surface area contributed by atoms with Crippen LogP contribution in [0.3, 0.4) is 0 Å². The van der Waals surface area contributed by atoms with E-state index in [2.05, 4.69) is 20.4 Å². The van der Waals surface area contributed by atoms with Gasteiger partial charge < -0.3 is 14.6 Å². The number of amides is 1. The van der Waals surface area contributed by atoms with Crippen molar-refractivity contribution in [2.24, 2.45) is 5.92 Å². The number of carbonyl (C=O) groups is 1. The molecule has 0 saturated carbocycles. The van der Waals surface area contributed by atoms with Crippen LogP contribution in [0.25, 0.3) is 11.4 Å². The van der Waals surface area contributed by atoms with Crippen LogP contribution in [0.1, 0.15) is 32.2 Å². The Hall–Kier alpha value is -3.00. The monoisotopic (exact) mass is 418 g/mol. The standard InChI is InChI=1S/C20H20ClFN4O3/c1-12(2)18(20-25-19(26-29-20)13-5-8-23-9-6-13)24-17(27)7-10-28-16-4-3-14(22)11-15(16)21/h3-6,8-9,11-12,18H,7,10H2,1-2H3,(H,24,27). The molecule has 29 heavy (non-hydrogen) atoms. The van der Waals surface area contributed by atoms with Gasteiger partial charge in [-0.1, -0.05) is 30.6 Å². The van der Waals surface area contributed by atoms with E-state index in [1.54, 1.807) is 24.5 Å². The fourth-order valence-corrected chi connectivity index (χ4v) is 2.81. The SMILES string of the molecule is CC(C)C(NC(=O)CCOc1ccc(F)cc1Cl)c1nc(-c2ccncc2)no1. The van der Waals surface area contributed by atoms with Crippen LogP contribution in [-0.2, 0) is 4.79 Å². The Kier molecular flexibility index (Phi) is 6.77. The van der Waals surface area contributed by atoms with Crippen LogP contribution in [0.2, 0.25) is 5.02 Å². The van der Waals surface area contributed by atoms with Gasteiger partial charge in [0, 0.05) is 18.0 Å². The van der Waals surface area contributed by atoms with Crippen molar-refractivity contribution in [2.45, 2.75) is 26.3 Å². The largest absolute Gasteiger partial charge is 0.491 e. The topological polar surface area (TPSA) is 90.1 Å². The van der Waals surface area contributed by atoms with E-state index >= 15 is 0 Å². The molecule has 1 amide bonds. The van der Waals surface area contributed by atoms with Gasteiger partial charge in [-0.05, 0) is 36.2 Å². The minimum Gasteiger partial charge on any atom is -0.491 e. The van der Waals surface area contributed by atoms with Gasteiger partial charge >= 0.3 is 0 Å². The molecule has 0 aliphatic rings. The summed E-state index contributed by atoms with van der Waals surface area (Å²) >= 11 is 5.91. The first-order valence-electron chi connectivity index (χ1n) is 9.05. The number of rotatable bonds is 8. The number of aromatic nitrogens is 3. The zero-order valence-corrected chi connectivity index (χ0v) is 16.7. The zero-order chi connectivity index (χ0) is 20.8. The van der Waals surface area contributed by atoms with Crippen LogP contribution in [0.4, 0.5) is 4.39 Å². The third-order valence-electron chi connectivity index (χ3n) is 4.11. The number of halogens is 2. The quantitative estimate of drug-likeness (QED) is 0.589. The summed E-state index contributed by atoms with van der Waals surface area (Å²) in [6.07, 6.45) is 3.36. The van der Waals surface area contributed by atoms with Gasteiger partial charge in [0.2, 0.25) is 17.6 Å². The predicted molar refractivity (Wildman–Crippen MR) is 105 cm³/mol. The lowest BCUT2D eigenvalue weighted by molar-refractivity contribution is -0.122. The smallest absolute Gasteiger partial charge is 0.249 e. The molecule has 0 aliphatic carbocycles. The van der Waals surface area contributed by atoms with Crippen molar-refractivity contribution in [1.29, 1.82) is 0 Å². The third kappa shape index (κ3) is 5.51. The van der Waals surface area contributed by atoms with Gasteiger partial charge in [-0.2, -0.15) is 4.98 Å². The Morgan fingerprint density at radius 2 is 2.03 bits per heavy atom. The van der Waals surface area contributed by atoms with Gasteiger partial charge in [0.1, 0.15) is 17.6 Å². The highest BCUT2D eigenvalue weighted by molar-refractivity contribution is 6.32. The summed E-state index contributed by atoms with van der Waals surface area (Å²) in [5.41, 5.74) is 0.772. The van der Waals surface area contributed by atoms with E-state index in [-0.39, 0.29) is 29.9 Å².